The van der Waals surface area contributed by atoms with Crippen LogP contribution in [0.25, 0.3) is 17.4 Å². The summed E-state index contributed by atoms with van der Waals surface area (Å²) in [6.45, 7) is 6.97. The number of carbonyl (C=O) groups is 2. The van der Waals surface area contributed by atoms with Crippen LogP contribution >= 0.6 is 11.3 Å². The molecule has 0 fully saturated rings. The van der Waals surface area contributed by atoms with E-state index in [1.807, 2.05) is 18.2 Å². The summed E-state index contributed by atoms with van der Waals surface area (Å²) >= 11 is 1.21. The minimum Gasteiger partial charge on any atom is -0.464 e. The monoisotopic (exact) mass is 516 g/mol. The molecule has 188 valence electrons. The van der Waals surface area contributed by atoms with Gasteiger partial charge in [-0.3, -0.25) is 14.2 Å². The highest BCUT2D eigenvalue weighted by atomic mass is 32.1. The van der Waals surface area contributed by atoms with Crippen LogP contribution in [0.3, 0.4) is 0 Å². The van der Waals surface area contributed by atoms with Crippen LogP contribution < -0.4 is 14.9 Å². The molecule has 0 bridgehead atoms. The molecule has 3 aromatic heterocycles. The summed E-state index contributed by atoms with van der Waals surface area (Å²) < 4.78 is 19.0. The molecule has 0 spiro atoms. The van der Waals surface area contributed by atoms with Crippen LogP contribution in [0.2, 0.25) is 0 Å². The molecule has 0 unspecified atom stereocenters. The number of carbonyl (C=O) groups excluding carboxylic acids is 2. The van der Waals surface area contributed by atoms with Gasteiger partial charge < -0.3 is 13.6 Å². The molecule has 0 aliphatic carbocycles. The Bertz CT molecular complexity index is 1730. The number of hydrogen-bond acceptors (Lipinski definition) is 8. The Labute approximate surface area is 215 Å². The number of ketones is 1. The van der Waals surface area contributed by atoms with Gasteiger partial charge in [0.05, 0.1) is 22.4 Å². The Hall–Kier alpha value is -4.24. The number of hydrogen-bond donors (Lipinski definition) is 0. The van der Waals surface area contributed by atoms with Crippen molar-refractivity contribution in [1.82, 2.24) is 4.57 Å². The lowest BCUT2D eigenvalue weighted by Gasteiger charge is -2.22. The molecule has 0 saturated heterocycles. The van der Waals surface area contributed by atoms with Crippen molar-refractivity contribution in [1.29, 1.82) is 0 Å². The fraction of sp³-hybridized carbons (Fsp3) is 0.214. The smallest absolute Gasteiger partial charge is 0.338 e. The van der Waals surface area contributed by atoms with Crippen LogP contribution in [-0.2, 0) is 9.53 Å². The Morgan fingerprint density at radius 2 is 1.84 bits per heavy atom. The van der Waals surface area contributed by atoms with E-state index in [1.54, 1.807) is 57.2 Å². The molecular weight excluding hydrogens is 492 g/mol. The van der Waals surface area contributed by atoms with Crippen molar-refractivity contribution < 1.29 is 23.2 Å². The summed E-state index contributed by atoms with van der Waals surface area (Å²) in [6.07, 6.45) is 1.66. The van der Waals surface area contributed by atoms with E-state index in [2.05, 4.69) is 4.99 Å². The summed E-state index contributed by atoms with van der Waals surface area (Å²) in [5, 5.41) is 0. The lowest BCUT2D eigenvalue weighted by atomic mass is 10.0. The van der Waals surface area contributed by atoms with Crippen LogP contribution in [0.1, 0.15) is 54.5 Å². The predicted molar refractivity (Wildman–Crippen MR) is 138 cm³/mol. The second-order valence-electron chi connectivity index (χ2n) is 8.59. The van der Waals surface area contributed by atoms with Gasteiger partial charge in [-0.1, -0.05) is 35.6 Å². The van der Waals surface area contributed by atoms with E-state index in [0.717, 1.165) is 5.56 Å². The first-order chi connectivity index (χ1) is 17.8. The van der Waals surface area contributed by atoms with E-state index < -0.39 is 12.0 Å². The molecule has 8 nitrogen and oxygen atoms in total. The molecule has 1 atom stereocenters. The zero-order valence-electron chi connectivity index (χ0n) is 20.7. The Morgan fingerprint density at radius 1 is 1.08 bits per heavy atom. The molecule has 0 N–H and O–H groups in total. The number of benzene rings is 1. The standard InChI is InChI=1S/C28H24N2O6S/c1-5-34-27(33)24-16(3)29-28-30(25(24)22-12-6-15(2)35-22)26(32)23(37-28)14-20-11-13-21(36-20)19-9-7-18(8-10-19)17(4)31/h6-14,25H,5H2,1-4H3/b23-14-/t25-/m0/s1. The van der Waals surface area contributed by atoms with Gasteiger partial charge in [0.25, 0.3) is 5.56 Å². The van der Waals surface area contributed by atoms with Gasteiger partial charge in [0.15, 0.2) is 10.6 Å². The Kier molecular flexibility index (Phi) is 6.39. The van der Waals surface area contributed by atoms with E-state index in [1.165, 1.54) is 22.8 Å². The number of aryl methyl sites for hydroxylation is 1. The van der Waals surface area contributed by atoms with Crippen molar-refractivity contribution in [2.75, 3.05) is 6.61 Å². The van der Waals surface area contributed by atoms with Gasteiger partial charge in [0.2, 0.25) is 0 Å². The second kappa shape index (κ2) is 9.67. The fourth-order valence-electron chi connectivity index (χ4n) is 4.25. The molecule has 1 aromatic carbocycles. The third-order valence-corrected chi connectivity index (χ3v) is 7.01. The number of furan rings is 2. The van der Waals surface area contributed by atoms with Gasteiger partial charge in [0, 0.05) is 17.2 Å². The first-order valence-corrected chi connectivity index (χ1v) is 12.6. The largest absolute Gasteiger partial charge is 0.464 e. The van der Waals surface area contributed by atoms with Crippen molar-refractivity contribution in [3.63, 3.8) is 0 Å². The zero-order chi connectivity index (χ0) is 26.3. The first kappa shape index (κ1) is 24.5. The maximum absolute atomic E-state index is 13.6. The molecule has 0 saturated carbocycles. The van der Waals surface area contributed by atoms with Crippen molar-refractivity contribution in [3.8, 4) is 11.3 Å². The van der Waals surface area contributed by atoms with Crippen LogP contribution in [0.15, 0.2) is 78.4 Å². The highest BCUT2D eigenvalue weighted by Crippen LogP contribution is 2.31. The zero-order valence-corrected chi connectivity index (χ0v) is 21.5. The molecule has 1 aliphatic heterocycles. The van der Waals surface area contributed by atoms with Crippen LogP contribution in [-0.4, -0.2) is 22.9 Å². The SMILES string of the molecule is CCOC(=O)C1=C(C)N=c2s/c(=C\c3ccc(-c4ccc(C(C)=O)cc4)o3)c(=O)n2[C@H]1c1ccc(C)o1. The molecule has 5 rings (SSSR count). The van der Waals surface area contributed by atoms with E-state index >= 15 is 0 Å². The number of thiazole rings is 1. The number of nitrogens with zero attached hydrogens (tertiary/aromatic N) is 2. The lowest BCUT2D eigenvalue weighted by Crippen LogP contribution is -2.39. The normalized spacial score (nSPS) is 15.5. The number of aromatic nitrogens is 1. The van der Waals surface area contributed by atoms with Crippen molar-refractivity contribution >= 4 is 29.2 Å². The van der Waals surface area contributed by atoms with Crippen LogP contribution in [0.4, 0.5) is 0 Å². The van der Waals surface area contributed by atoms with Crippen molar-refractivity contribution in [3.05, 3.63) is 102 Å². The molecular formula is C28H24N2O6S. The highest BCUT2D eigenvalue weighted by Gasteiger charge is 2.35. The molecule has 37 heavy (non-hydrogen) atoms. The van der Waals surface area contributed by atoms with Crippen molar-refractivity contribution in [2.45, 2.75) is 33.7 Å². The third kappa shape index (κ3) is 4.53. The number of esters is 1. The maximum Gasteiger partial charge on any atom is 0.338 e. The van der Waals surface area contributed by atoms with Crippen LogP contribution in [0.5, 0.6) is 0 Å². The van der Waals surface area contributed by atoms with Gasteiger partial charge in [-0.2, -0.15) is 0 Å². The predicted octanol–water partition coefficient (Wildman–Crippen LogP) is 4.16. The summed E-state index contributed by atoms with van der Waals surface area (Å²) in [5.41, 5.74) is 1.86. The topological polar surface area (TPSA) is 104 Å². The summed E-state index contributed by atoms with van der Waals surface area (Å²) in [5.74, 6) is 1.67. The molecule has 1 aliphatic rings. The summed E-state index contributed by atoms with van der Waals surface area (Å²) in [7, 11) is 0. The molecule has 0 radical (unpaired) electrons. The third-order valence-electron chi connectivity index (χ3n) is 6.02. The molecule has 0 amide bonds. The van der Waals surface area contributed by atoms with Gasteiger partial charge in [0.1, 0.15) is 29.1 Å². The number of Topliss-reactive ketones (excluding diaryl/α,β-unsaturated/α-hetero) is 1. The Morgan fingerprint density at radius 3 is 2.49 bits per heavy atom. The highest BCUT2D eigenvalue weighted by molar-refractivity contribution is 7.07. The minimum absolute atomic E-state index is 0.00794. The average Bonchev–Trinajstić information content (AvgIpc) is 3.58. The summed E-state index contributed by atoms with van der Waals surface area (Å²) in [6, 6.07) is 13.5. The molecule has 4 heterocycles. The lowest BCUT2D eigenvalue weighted by molar-refractivity contribution is -0.139. The van der Waals surface area contributed by atoms with E-state index in [4.69, 9.17) is 13.6 Å². The quantitative estimate of drug-likeness (QED) is 0.282. The van der Waals surface area contributed by atoms with Gasteiger partial charge in [-0.15, -0.1) is 0 Å². The van der Waals surface area contributed by atoms with E-state index in [-0.39, 0.29) is 23.5 Å². The van der Waals surface area contributed by atoms with Crippen molar-refractivity contribution in [2.24, 2.45) is 4.99 Å². The number of allylic oxidation sites excluding steroid dienone is 1. The number of ether oxygens (including phenoxy) is 1. The number of rotatable bonds is 6. The number of fused-ring (bicyclic) bond motifs is 1. The maximum atomic E-state index is 13.6. The van der Waals surface area contributed by atoms with Gasteiger partial charge in [-0.05, 0) is 52.0 Å². The van der Waals surface area contributed by atoms with Gasteiger partial charge >= 0.3 is 5.97 Å². The second-order valence-corrected chi connectivity index (χ2v) is 9.60. The van der Waals surface area contributed by atoms with Gasteiger partial charge in [-0.25, -0.2) is 9.79 Å². The first-order valence-electron chi connectivity index (χ1n) is 11.7. The van der Waals surface area contributed by atoms with Crippen LogP contribution in [0, 0.1) is 6.92 Å². The fourth-order valence-corrected chi connectivity index (χ4v) is 5.27. The van der Waals surface area contributed by atoms with E-state index in [0.29, 0.717) is 43.6 Å². The Balaban J connectivity index is 1.58. The molecule has 9 heteroatoms. The minimum atomic E-state index is -0.793. The average molecular weight is 517 g/mol. The molecule has 4 aromatic rings. The van der Waals surface area contributed by atoms with E-state index in [9.17, 15) is 14.4 Å². The summed E-state index contributed by atoms with van der Waals surface area (Å²) in [4.78, 5) is 43.0.